The third-order valence-electron chi connectivity index (χ3n) is 13.8. The Morgan fingerprint density at radius 2 is 1.50 bits per heavy atom. The number of Topliss-reactive ketones (excluding diaryl/α,β-unsaturated/α-hetero) is 1. The number of esters is 1. The molecule has 0 amide bonds. The Hall–Kier alpha value is -0.900. The van der Waals surface area contributed by atoms with Crippen LogP contribution in [0.25, 0.3) is 0 Å². The fourth-order valence-electron chi connectivity index (χ4n) is 12.2. The highest BCUT2D eigenvalue weighted by molar-refractivity contribution is 5.90. The second kappa shape index (κ2) is 5.97. The van der Waals surface area contributed by atoms with Gasteiger partial charge in [-0.25, -0.2) is 0 Å². The third-order valence-corrected chi connectivity index (χ3v) is 13.8. The van der Waals surface area contributed by atoms with Gasteiger partial charge >= 0.3 is 5.97 Å². The van der Waals surface area contributed by atoms with E-state index >= 15 is 0 Å². The molecule has 8 aliphatic rings. The summed E-state index contributed by atoms with van der Waals surface area (Å²) in [5, 5.41) is 0. The predicted molar refractivity (Wildman–Crippen MR) is 129 cm³/mol. The minimum absolute atomic E-state index is 0.0483. The van der Waals surface area contributed by atoms with E-state index in [1.807, 2.05) is 0 Å². The van der Waals surface area contributed by atoms with Crippen LogP contribution in [0, 0.1) is 56.2 Å². The van der Waals surface area contributed by atoms with Gasteiger partial charge in [0.05, 0.1) is 11.5 Å². The summed E-state index contributed by atoms with van der Waals surface area (Å²) in [5.41, 5.74) is -0.534. The molecule has 34 heavy (non-hydrogen) atoms. The van der Waals surface area contributed by atoms with E-state index in [1.165, 1.54) is 0 Å². The molecule has 1 spiro atoms. The summed E-state index contributed by atoms with van der Waals surface area (Å²) in [6.07, 6.45) is 7.53. The number of ketones is 1. The van der Waals surface area contributed by atoms with Gasteiger partial charge < -0.3 is 9.47 Å². The van der Waals surface area contributed by atoms with Crippen LogP contribution in [0.5, 0.6) is 0 Å². The van der Waals surface area contributed by atoms with Crippen LogP contribution in [0.4, 0.5) is 0 Å². The van der Waals surface area contributed by atoms with E-state index < -0.39 is 5.41 Å². The van der Waals surface area contributed by atoms with Gasteiger partial charge in [0.25, 0.3) is 0 Å². The van der Waals surface area contributed by atoms with Gasteiger partial charge in [0.1, 0.15) is 12.2 Å². The van der Waals surface area contributed by atoms with Crippen molar-refractivity contribution in [2.75, 3.05) is 0 Å². The van der Waals surface area contributed by atoms with Gasteiger partial charge in [-0.3, -0.25) is 9.59 Å². The molecule has 11 atom stereocenters. The normalized spacial score (nSPS) is 60.1. The standard InChI is InChI=1S/C30H44O4/c1-25(2)8-10-30-11-9-28(6)21(16(30)13-25)17-12-20-27(5)14-19(33-17)23(31)26(3,4)22(27)18(34-24(30)32)15-29(20,28)7/h16-22H,8-15H2,1-7H3/t16-,17-,18+,19?,20?,21+,22?,27-,28-,29-,30+/m1/s1. The highest BCUT2D eigenvalue weighted by atomic mass is 16.5. The zero-order chi connectivity index (χ0) is 24.3. The van der Waals surface area contributed by atoms with E-state index in [9.17, 15) is 9.59 Å². The van der Waals surface area contributed by atoms with E-state index in [4.69, 9.17) is 9.47 Å². The molecule has 0 aromatic heterocycles. The van der Waals surface area contributed by atoms with Gasteiger partial charge in [-0.15, -0.1) is 0 Å². The van der Waals surface area contributed by atoms with Crippen LogP contribution in [0.15, 0.2) is 0 Å². The summed E-state index contributed by atoms with van der Waals surface area (Å²) < 4.78 is 13.8. The zero-order valence-electron chi connectivity index (χ0n) is 22.3. The van der Waals surface area contributed by atoms with Gasteiger partial charge in [-0.05, 0) is 90.8 Å². The Balaban J connectivity index is 1.54. The molecule has 4 nitrogen and oxygen atoms in total. The second-order valence-corrected chi connectivity index (χ2v) is 15.9. The molecule has 5 saturated carbocycles. The van der Waals surface area contributed by atoms with Crippen LogP contribution in [0.1, 0.15) is 99.8 Å². The van der Waals surface area contributed by atoms with Crippen molar-refractivity contribution >= 4 is 11.8 Å². The van der Waals surface area contributed by atoms with Crippen LogP contribution in [0.2, 0.25) is 0 Å². The fourth-order valence-corrected chi connectivity index (χ4v) is 12.2. The number of ether oxygens (including phenoxy) is 2. The first-order chi connectivity index (χ1) is 15.7. The number of carbonyl (C=O) groups is 2. The van der Waals surface area contributed by atoms with Crippen molar-refractivity contribution in [3.63, 3.8) is 0 Å². The van der Waals surface area contributed by atoms with Crippen LogP contribution in [0.3, 0.4) is 0 Å². The molecule has 3 aliphatic heterocycles. The Bertz CT molecular complexity index is 998. The van der Waals surface area contributed by atoms with E-state index in [0.717, 1.165) is 51.4 Å². The molecule has 3 unspecified atom stereocenters. The molecule has 3 heterocycles. The molecule has 188 valence electrons. The second-order valence-electron chi connectivity index (χ2n) is 15.9. The maximum Gasteiger partial charge on any atom is 0.312 e. The van der Waals surface area contributed by atoms with Crippen molar-refractivity contribution in [1.29, 1.82) is 0 Å². The monoisotopic (exact) mass is 468 g/mol. The first-order valence-electron chi connectivity index (χ1n) is 14.1. The molecule has 8 fully saturated rings. The first-order valence-corrected chi connectivity index (χ1v) is 14.1. The average molecular weight is 469 g/mol. The molecule has 4 heteroatoms. The SMILES string of the molecule is CC1(C)CC[C@]23CC[C@]4(C)[C@@H]([C@H]2C1)[C@H]1CC2[C@@]5(C)CC(O1)C(=O)C(C)(C)C5[C@H](C[C@]24C)OC3=O. The van der Waals surface area contributed by atoms with Crippen molar-refractivity contribution in [1.82, 2.24) is 0 Å². The summed E-state index contributed by atoms with van der Waals surface area (Å²) in [6, 6.07) is 0. The molecule has 8 rings (SSSR count). The topological polar surface area (TPSA) is 52.6 Å². The Kier molecular flexibility index (Phi) is 3.92. The highest BCUT2D eigenvalue weighted by Crippen LogP contribution is 2.79. The van der Waals surface area contributed by atoms with Crippen molar-refractivity contribution < 1.29 is 19.1 Å². The zero-order valence-corrected chi connectivity index (χ0v) is 22.3. The predicted octanol–water partition coefficient (Wildman–Crippen LogP) is 5.96. The maximum absolute atomic E-state index is 14.4. The summed E-state index contributed by atoms with van der Waals surface area (Å²) in [5.74, 6) is 1.51. The van der Waals surface area contributed by atoms with E-state index in [1.54, 1.807) is 0 Å². The summed E-state index contributed by atoms with van der Waals surface area (Å²) in [4.78, 5) is 28.3. The fraction of sp³-hybridized carbons (Fsp3) is 0.933. The molecular weight excluding hydrogens is 424 g/mol. The lowest BCUT2D eigenvalue weighted by Crippen LogP contribution is -2.70. The number of rotatable bonds is 0. The quantitative estimate of drug-likeness (QED) is 0.412. The Morgan fingerprint density at radius 3 is 2.24 bits per heavy atom. The number of hydrogen-bond acceptors (Lipinski definition) is 4. The average Bonchev–Trinajstić information content (AvgIpc) is 2.84. The highest BCUT2D eigenvalue weighted by Gasteiger charge is 2.78. The van der Waals surface area contributed by atoms with E-state index in [-0.39, 0.29) is 69.0 Å². The van der Waals surface area contributed by atoms with Crippen molar-refractivity contribution in [2.45, 2.75) is 118 Å². The Labute approximate surface area is 205 Å². The first kappa shape index (κ1) is 22.3. The van der Waals surface area contributed by atoms with Gasteiger partial charge in [-0.2, -0.15) is 0 Å². The lowest BCUT2D eigenvalue weighted by Gasteiger charge is -2.72. The van der Waals surface area contributed by atoms with Crippen LogP contribution >= 0.6 is 0 Å². The van der Waals surface area contributed by atoms with Crippen LogP contribution < -0.4 is 0 Å². The largest absolute Gasteiger partial charge is 0.462 e. The van der Waals surface area contributed by atoms with Crippen molar-refractivity contribution in [3.8, 4) is 0 Å². The lowest BCUT2D eigenvalue weighted by atomic mass is 9.31. The van der Waals surface area contributed by atoms with Crippen molar-refractivity contribution in [2.24, 2.45) is 56.2 Å². The minimum atomic E-state index is -0.540. The van der Waals surface area contributed by atoms with Gasteiger partial charge in [-0.1, -0.05) is 48.5 Å². The van der Waals surface area contributed by atoms with Gasteiger partial charge in [0.2, 0.25) is 0 Å². The Morgan fingerprint density at radius 1 is 0.794 bits per heavy atom. The number of hydrogen-bond donors (Lipinski definition) is 0. The molecular formula is C30H44O4. The van der Waals surface area contributed by atoms with Crippen LogP contribution in [-0.2, 0) is 19.1 Å². The summed E-state index contributed by atoms with van der Waals surface area (Å²) in [6.45, 7) is 16.6. The molecule has 0 aromatic carbocycles. The molecule has 5 aliphatic carbocycles. The van der Waals surface area contributed by atoms with Gasteiger partial charge in [0.15, 0.2) is 5.78 Å². The summed E-state index contributed by atoms with van der Waals surface area (Å²) in [7, 11) is 0. The third kappa shape index (κ3) is 2.20. The molecule has 3 saturated heterocycles. The summed E-state index contributed by atoms with van der Waals surface area (Å²) >= 11 is 0. The number of carbonyl (C=O) groups excluding carboxylic acids is 2. The minimum Gasteiger partial charge on any atom is -0.462 e. The molecule has 0 aromatic rings. The van der Waals surface area contributed by atoms with Crippen LogP contribution in [-0.4, -0.2) is 30.1 Å². The lowest BCUT2D eigenvalue weighted by molar-refractivity contribution is -0.254. The molecule has 9 bridgehead atoms. The van der Waals surface area contributed by atoms with E-state index in [2.05, 4.69) is 48.5 Å². The van der Waals surface area contributed by atoms with Crippen molar-refractivity contribution in [3.05, 3.63) is 0 Å². The molecule has 0 radical (unpaired) electrons. The molecule has 0 N–H and O–H groups in total. The van der Waals surface area contributed by atoms with E-state index in [0.29, 0.717) is 11.8 Å². The maximum atomic E-state index is 14.4. The van der Waals surface area contributed by atoms with Gasteiger partial charge in [0, 0.05) is 11.3 Å². The smallest absolute Gasteiger partial charge is 0.312 e. The number of fused-ring (bicyclic) bond motifs is 4.